The molecule has 0 saturated carbocycles. The average molecular weight is 200 g/mol. The fourth-order valence-corrected chi connectivity index (χ4v) is 1.29. The molecule has 0 saturated heterocycles. The van der Waals surface area contributed by atoms with Crippen LogP contribution in [0.1, 0.15) is 17.3 Å². The lowest BCUT2D eigenvalue weighted by Gasteiger charge is -2.09. The van der Waals surface area contributed by atoms with Gasteiger partial charge in [0.1, 0.15) is 10.8 Å². The van der Waals surface area contributed by atoms with Gasteiger partial charge in [0.2, 0.25) is 0 Å². The van der Waals surface area contributed by atoms with Gasteiger partial charge in [-0.2, -0.15) is 0 Å². The smallest absolute Gasteiger partial charge is 0.163 e. The lowest BCUT2D eigenvalue weighted by Crippen LogP contribution is -2.00. The number of carbonyl (C=O) groups excluding carboxylic acids is 1. The molecule has 3 nitrogen and oxygen atoms in total. The third-order valence-corrected chi connectivity index (χ3v) is 2.10. The molecule has 0 fully saturated rings. The molecule has 0 bridgehead atoms. The highest BCUT2D eigenvalue weighted by Gasteiger charge is 2.13. The Balaban J connectivity index is 3.38. The van der Waals surface area contributed by atoms with E-state index in [0.717, 1.165) is 0 Å². The molecule has 0 aliphatic carbocycles. The number of halogens is 1. The molecule has 0 amide bonds. The van der Waals surface area contributed by atoms with E-state index in [0.29, 0.717) is 17.0 Å². The normalized spacial score (nSPS) is 9.77. The lowest BCUT2D eigenvalue weighted by atomic mass is 10.1. The Morgan fingerprint density at radius 2 is 2.15 bits per heavy atom. The van der Waals surface area contributed by atoms with Crippen molar-refractivity contribution in [2.24, 2.45) is 0 Å². The first-order valence-corrected chi connectivity index (χ1v) is 4.08. The van der Waals surface area contributed by atoms with Crippen molar-refractivity contribution in [3.63, 3.8) is 0 Å². The van der Waals surface area contributed by atoms with Crippen LogP contribution in [0.3, 0.4) is 0 Å². The molecule has 0 spiro atoms. The average Bonchev–Trinajstić information content (AvgIpc) is 2.09. The predicted octanol–water partition coefficient (Wildman–Crippen LogP) is 2.13. The maximum absolute atomic E-state index is 11.1. The van der Waals surface area contributed by atoms with Crippen molar-refractivity contribution < 1.29 is 9.53 Å². The summed E-state index contributed by atoms with van der Waals surface area (Å²) >= 11 is 5.84. The van der Waals surface area contributed by atoms with Gasteiger partial charge < -0.3 is 10.5 Å². The van der Waals surface area contributed by atoms with Gasteiger partial charge >= 0.3 is 0 Å². The molecule has 0 aliphatic heterocycles. The van der Waals surface area contributed by atoms with Crippen LogP contribution in [0.5, 0.6) is 5.75 Å². The van der Waals surface area contributed by atoms with Gasteiger partial charge in [0, 0.05) is 0 Å². The molecular weight excluding hydrogens is 190 g/mol. The molecule has 0 heterocycles. The van der Waals surface area contributed by atoms with E-state index in [1.54, 1.807) is 12.1 Å². The zero-order valence-electron chi connectivity index (χ0n) is 7.43. The Morgan fingerprint density at radius 3 is 2.62 bits per heavy atom. The minimum atomic E-state index is -0.0984. The largest absolute Gasteiger partial charge is 0.494 e. The van der Waals surface area contributed by atoms with Gasteiger partial charge in [-0.3, -0.25) is 4.79 Å². The first-order chi connectivity index (χ1) is 6.07. The summed E-state index contributed by atoms with van der Waals surface area (Å²) in [7, 11) is 1.45. The van der Waals surface area contributed by atoms with E-state index in [1.807, 2.05) is 0 Å². The molecule has 1 aromatic rings. The van der Waals surface area contributed by atoms with Crippen LogP contribution in [-0.4, -0.2) is 12.9 Å². The van der Waals surface area contributed by atoms with Crippen molar-refractivity contribution in [1.82, 2.24) is 0 Å². The molecule has 0 unspecified atom stereocenters. The molecule has 0 aromatic heterocycles. The zero-order chi connectivity index (χ0) is 10.0. The summed E-state index contributed by atoms with van der Waals surface area (Å²) in [6.45, 7) is 1.45. The van der Waals surface area contributed by atoms with E-state index in [9.17, 15) is 4.79 Å². The highest BCUT2D eigenvalue weighted by molar-refractivity contribution is 6.35. The number of nitrogens with two attached hydrogens (primary N) is 1. The molecule has 0 aliphatic rings. The van der Waals surface area contributed by atoms with Gasteiger partial charge in [-0.15, -0.1) is 0 Å². The van der Waals surface area contributed by atoms with Crippen LogP contribution in [0.4, 0.5) is 5.69 Å². The van der Waals surface area contributed by atoms with Gasteiger partial charge in [-0.1, -0.05) is 11.6 Å². The minimum absolute atomic E-state index is 0.0984. The molecule has 0 radical (unpaired) electrons. The minimum Gasteiger partial charge on any atom is -0.494 e. The lowest BCUT2D eigenvalue weighted by molar-refractivity contribution is 0.101. The summed E-state index contributed by atoms with van der Waals surface area (Å²) in [5.74, 6) is 0.243. The summed E-state index contributed by atoms with van der Waals surface area (Å²) in [5.41, 5.74) is 6.39. The fraction of sp³-hybridized carbons (Fsp3) is 0.222. The van der Waals surface area contributed by atoms with Gasteiger partial charge in [0.15, 0.2) is 5.78 Å². The van der Waals surface area contributed by atoms with Crippen LogP contribution in [0.15, 0.2) is 12.1 Å². The number of Topliss-reactive ketones (excluding diaryl/α,β-unsaturated/α-hetero) is 1. The number of hydrogen-bond donors (Lipinski definition) is 1. The van der Waals surface area contributed by atoms with Crippen molar-refractivity contribution in [2.75, 3.05) is 12.8 Å². The Morgan fingerprint density at radius 1 is 1.54 bits per heavy atom. The predicted molar refractivity (Wildman–Crippen MR) is 52.4 cm³/mol. The van der Waals surface area contributed by atoms with Gasteiger partial charge in [-0.25, -0.2) is 0 Å². The van der Waals surface area contributed by atoms with Crippen LogP contribution in [0.2, 0.25) is 5.02 Å². The third kappa shape index (κ3) is 1.75. The van der Waals surface area contributed by atoms with Gasteiger partial charge in [0.25, 0.3) is 0 Å². The molecule has 70 valence electrons. The highest BCUT2D eigenvalue weighted by Crippen LogP contribution is 2.33. The van der Waals surface area contributed by atoms with Crippen molar-refractivity contribution >= 4 is 23.1 Å². The molecular formula is C9H10ClNO2. The number of anilines is 1. The van der Waals surface area contributed by atoms with E-state index < -0.39 is 0 Å². The summed E-state index contributed by atoms with van der Waals surface area (Å²) in [6, 6.07) is 3.18. The number of nitrogen functional groups attached to an aromatic ring is 1. The molecule has 0 atom stereocenters. The molecule has 13 heavy (non-hydrogen) atoms. The van der Waals surface area contributed by atoms with E-state index in [4.69, 9.17) is 22.1 Å². The number of benzene rings is 1. The maximum atomic E-state index is 11.1. The zero-order valence-corrected chi connectivity index (χ0v) is 8.18. The summed E-state index contributed by atoms with van der Waals surface area (Å²) in [6.07, 6.45) is 0. The molecule has 1 aromatic carbocycles. The van der Waals surface area contributed by atoms with Crippen LogP contribution >= 0.6 is 11.6 Å². The Kier molecular flexibility index (Phi) is 2.78. The van der Waals surface area contributed by atoms with E-state index in [2.05, 4.69) is 0 Å². The Bertz CT molecular complexity index is 350. The Labute approximate surface area is 81.4 Å². The quantitative estimate of drug-likeness (QED) is 0.587. The van der Waals surface area contributed by atoms with E-state index in [-0.39, 0.29) is 10.8 Å². The molecule has 2 N–H and O–H groups in total. The number of rotatable bonds is 2. The second kappa shape index (κ2) is 3.66. The third-order valence-electron chi connectivity index (χ3n) is 1.71. The highest BCUT2D eigenvalue weighted by atomic mass is 35.5. The van der Waals surface area contributed by atoms with Crippen molar-refractivity contribution in [3.8, 4) is 5.75 Å². The van der Waals surface area contributed by atoms with Crippen LogP contribution in [0.25, 0.3) is 0 Å². The van der Waals surface area contributed by atoms with Gasteiger partial charge in [0.05, 0.1) is 18.4 Å². The summed E-state index contributed by atoms with van der Waals surface area (Å²) < 4.78 is 4.99. The standard InChI is InChI=1S/C9H10ClNO2/c1-5(12)6-3-4-7(11)8(10)9(6)13-2/h3-4H,11H2,1-2H3. The maximum Gasteiger partial charge on any atom is 0.163 e. The number of carbonyl (C=O) groups is 1. The fourth-order valence-electron chi connectivity index (χ4n) is 1.05. The second-order valence-electron chi connectivity index (χ2n) is 2.61. The SMILES string of the molecule is COc1c(C(C)=O)ccc(N)c1Cl. The molecule has 1 rings (SSSR count). The van der Waals surface area contributed by atoms with E-state index in [1.165, 1.54) is 14.0 Å². The molecule has 4 heteroatoms. The van der Waals surface area contributed by atoms with E-state index >= 15 is 0 Å². The number of hydrogen-bond acceptors (Lipinski definition) is 3. The first kappa shape index (κ1) is 9.86. The van der Waals surface area contributed by atoms with Crippen LogP contribution < -0.4 is 10.5 Å². The van der Waals surface area contributed by atoms with Crippen molar-refractivity contribution in [2.45, 2.75) is 6.92 Å². The van der Waals surface area contributed by atoms with Crippen LogP contribution in [0, 0.1) is 0 Å². The second-order valence-corrected chi connectivity index (χ2v) is 2.98. The van der Waals surface area contributed by atoms with Crippen molar-refractivity contribution in [1.29, 1.82) is 0 Å². The first-order valence-electron chi connectivity index (χ1n) is 3.70. The Hall–Kier alpha value is -1.22. The number of ether oxygens (including phenoxy) is 1. The summed E-state index contributed by atoms with van der Waals surface area (Å²) in [5, 5.41) is 0.287. The van der Waals surface area contributed by atoms with Crippen LogP contribution in [-0.2, 0) is 0 Å². The number of ketones is 1. The van der Waals surface area contributed by atoms with Crippen molar-refractivity contribution in [3.05, 3.63) is 22.7 Å². The monoisotopic (exact) mass is 199 g/mol. The summed E-state index contributed by atoms with van der Waals surface area (Å²) in [4.78, 5) is 11.1. The van der Waals surface area contributed by atoms with Gasteiger partial charge in [-0.05, 0) is 19.1 Å². The topological polar surface area (TPSA) is 52.3 Å². The number of methoxy groups -OCH3 is 1.